The van der Waals surface area contributed by atoms with E-state index in [-0.39, 0.29) is 11.3 Å². The van der Waals surface area contributed by atoms with Crippen LogP contribution < -0.4 is 14.4 Å². The molecule has 4 heteroatoms. The molecule has 2 aliphatic carbocycles. The first-order valence-electron chi connectivity index (χ1n) is 8.52. The van der Waals surface area contributed by atoms with Gasteiger partial charge in [0.1, 0.15) is 24.7 Å². The fourth-order valence-corrected chi connectivity index (χ4v) is 3.56. The van der Waals surface area contributed by atoms with Crippen molar-refractivity contribution < 1.29 is 14.3 Å². The van der Waals surface area contributed by atoms with Crippen LogP contribution in [0.15, 0.2) is 48.5 Å². The van der Waals surface area contributed by atoms with E-state index in [1.54, 1.807) is 0 Å². The van der Waals surface area contributed by atoms with Crippen molar-refractivity contribution in [3.8, 4) is 11.5 Å². The summed E-state index contributed by atoms with van der Waals surface area (Å²) in [5, 5.41) is 0. The SMILES string of the molecule is O=C(N1CCOc2cc(OCc3ccccc3)ccc21)C12CC1C2. The number of benzene rings is 2. The lowest BCUT2D eigenvalue weighted by molar-refractivity contribution is -0.121. The molecule has 0 N–H and O–H groups in total. The summed E-state index contributed by atoms with van der Waals surface area (Å²) in [7, 11) is 0. The summed E-state index contributed by atoms with van der Waals surface area (Å²) < 4.78 is 11.6. The molecular formula is C20H19NO3. The number of amides is 1. The molecule has 1 aliphatic heterocycles. The molecule has 2 aromatic carbocycles. The number of hydrogen-bond acceptors (Lipinski definition) is 3. The fourth-order valence-electron chi connectivity index (χ4n) is 3.56. The van der Waals surface area contributed by atoms with Crippen LogP contribution in [0.4, 0.5) is 5.69 Å². The predicted molar refractivity (Wildman–Crippen MR) is 90.2 cm³/mol. The topological polar surface area (TPSA) is 38.8 Å². The van der Waals surface area contributed by atoms with Gasteiger partial charge in [0.2, 0.25) is 5.91 Å². The van der Waals surface area contributed by atoms with Gasteiger partial charge >= 0.3 is 0 Å². The maximum atomic E-state index is 12.7. The van der Waals surface area contributed by atoms with Crippen molar-refractivity contribution in [1.82, 2.24) is 0 Å². The molecule has 3 aliphatic rings. The van der Waals surface area contributed by atoms with Gasteiger partial charge in [-0.1, -0.05) is 30.3 Å². The Morgan fingerprint density at radius 2 is 2.00 bits per heavy atom. The van der Waals surface area contributed by atoms with Crippen LogP contribution in [0.1, 0.15) is 18.4 Å². The van der Waals surface area contributed by atoms with Crippen molar-refractivity contribution in [3.05, 3.63) is 54.1 Å². The molecule has 0 radical (unpaired) electrons. The van der Waals surface area contributed by atoms with Gasteiger partial charge in [-0.2, -0.15) is 0 Å². The second-order valence-electron chi connectivity index (χ2n) is 6.97. The lowest BCUT2D eigenvalue weighted by Crippen LogP contribution is -2.40. The number of nitrogens with zero attached hydrogens (tertiary/aromatic N) is 1. The van der Waals surface area contributed by atoms with Gasteiger partial charge in [0.25, 0.3) is 0 Å². The fraction of sp³-hybridized carbons (Fsp3) is 0.350. The second-order valence-corrected chi connectivity index (χ2v) is 6.97. The van der Waals surface area contributed by atoms with Crippen LogP contribution in [0.5, 0.6) is 11.5 Å². The third kappa shape index (κ3) is 2.17. The van der Waals surface area contributed by atoms with E-state index >= 15 is 0 Å². The molecule has 0 spiro atoms. The van der Waals surface area contributed by atoms with Crippen LogP contribution in [0.3, 0.4) is 0 Å². The Labute approximate surface area is 141 Å². The molecule has 5 rings (SSSR count). The molecule has 0 saturated heterocycles. The highest BCUT2D eigenvalue weighted by atomic mass is 16.5. The van der Waals surface area contributed by atoms with Crippen LogP contribution >= 0.6 is 0 Å². The summed E-state index contributed by atoms with van der Waals surface area (Å²) in [5.74, 6) is 2.45. The minimum atomic E-state index is -0.00289. The summed E-state index contributed by atoms with van der Waals surface area (Å²) in [6, 6.07) is 15.8. The Morgan fingerprint density at radius 3 is 2.75 bits per heavy atom. The average molecular weight is 321 g/mol. The molecule has 122 valence electrons. The Balaban J connectivity index is 1.34. The zero-order valence-electron chi connectivity index (χ0n) is 13.4. The first-order chi connectivity index (χ1) is 11.8. The van der Waals surface area contributed by atoms with Crippen molar-refractivity contribution in [2.24, 2.45) is 11.3 Å². The zero-order valence-corrected chi connectivity index (χ0v) is 13.4. The van der Waals surface area contributed by atoms with Gasteiger partial charge < -0.3 is 14.4 Å². The normalized spacial score (nSPS) is 26.0. The molecular weight excluding hydrogens is 302 g/mol. The summed E-state index contributed by atoms with van der Waals surface area (Å²) in [5.41, 5.74) is 2.00. The highest BCUT2D eigenvalue weighted by molar-refractivity contribution is 6.03. The van der Waals surface area contributed by atoms with Gasteiger partial charge in [-0.15, -0.1) is 0 Å². The minimum Gasteiger partial charge on any atom is -0.489 e. The lowest BCUT2D eigenvalue weighted by atomic mass is 10.1. The molecule has 24 heavy (non-hydrogen) atoms. The smallest absolute Gasteiger partial charge is 0.233 e. The van der Waals surface area contributed by atoms with Crippen molar-refractivity contribution in [2.45, 2.75) is 19.4 Å². The molecule has 0 atom stereocenters. The summed E-state index contributed by atoms with van der Waals surface area (Å²) >= 11 is 0. The molecule has 2 fully saturated rings. The molecule has 1 heterocycles. The van der Waals surface area contributed by atoms with Gasteiger partial charge in [-0.3, -0.25) is 4.79 Å². The molecule has 1 amide bonds. The Kier molecular flexibility index (Phi) is 2.90. The minimum absolute atomic E-state index is 0.00289. The van der Waals surface area contributed by atoms with E-state index in [1.165, 1.54) is 0 Å². The van der Waals surface area contributed by atoms with E-state index in [9.17, 15) is 4.79 Å². The van der Waals surface area contributed by atoms with Gasteiger partial charge in [0, 0.05) is 6.07 Å². The lowest BCUT2D eigenvalue weighted by Gasteiger charge is -2.30. The number of ether oxygens (including phenoxy) is 2. The quantitative estimate of drug-likeness (QED) is 0.866. The molecule has 2 aromatic rings. The van der Waals surface area contributed by atoms with E-state index in [1.807, 2.05) is 53.4 Å². The van der Waals surface area contributed by atoms with Crippen molar-refractivity contribution in [3.63, 3.8) is 0 Å². The van der Waals surface area contributed by atoms with Crippen LogP contribution in [0.25, 0.3) is 0 Å². The monoisotopic (exact) mass is 321 g/mol. The Bertz CT molecular complexity index is 796. The maximum Gasteiger partial charge on any atom is 0.233 e. The summed E-state index contributed by atoms with van der Waals surface area (Å²) in [6.45, 7) is 1.71. The van der Waals surface area contributed by atoms with Crippen molar-refractivity contribution in [1.29, 1.82) is 0 Å². The van der Waals surface area contributed by atoms with Gasteiger partial charge in [-0.25, -0.2) is 0 Å². The third-order valence-corrected chi connectivity index (χ3v) is 5.40. The largest absolute Gasteiger partial charge is 0.489 e. The first-order valence-corrected chi connectivity index (χ1v) is 8.52. The average Bonchev–Trinajstić information content (AvgIpc) is 3.50. The van der Waals surface area contributed by atoms with Crippen LogP contribution in [-0.4, -0.2) is 19.1 Å². The molecule has 0 unspecified atom stereocenters. The Morgan fingerprint density at radius 1 is 1.21 bits per heavy atom. The number of rotatable bonds is 4. The highest BCUT2D eigenvalue weighted by Gasteiger charge is 2.75. The van der Waals surface area contributed by atoms with E-state index in [4.69, 9.17) is 9.47 Å². The summed E-state index contributed by atoms with van der Waals surface area (Å²) in [6.07, 6.45) is 2.16. The highest BCUT2D eigenvalue weighted by Crippen LogP contribution is 2.76. The van der Waals surface area contributed by atoms with Crippen LogP contribution in [0.2, 0.25) is 0 Å². The van der Waals surface area contributed by atoms with Crippen molar-refractivity contribution >= 4 is 11.6 Å². The number of carbonyl (C=O) groups is 1. The van der Waals surface area contributed by atoms with Crippen LogP contribution in [0, 0.1) is 11.3 Å². The molecule has 4 nitrogen and oxygen atoms in total. The number of anilines is 1. The predicted octanol–water partition coefficient (Wildman–Crippen LogP) is 3.40. The van der Waals surface area contributed by atoms with Gasteiger partial charge in [0.15, 0.2) is 0 Å². The number of fused-ring (bicyclic) bond motifs is 2. The molecule has 2 saturated carbocycles. The summed E-state index contributed by atoms with van der Waals surface area (Å²) in [4.78, 5) is 14.6. The molecule has 0 bridgehead atoms. The second kappa shape index (κ2) is 5.00. The number of carbonyl (C=O) groups excluding carboxylic acids is 1. The zero-order chi connectivity index (χ0) is 16.1. The van der Waals surface area contributed by atoms with Gasteiger partial charge in [0.05, 0.1) is 17.6 Å². The first kappa shape index (κ1) is 13.9. The van der Waals surface area contributed by atoms with Gasteiger partial charge in [-0.05, 0) is 36.5 Å². The van der Waals surface area contributed by atoms with E-state index < -0.39 is 0 Å². The van der Waals surface area contributed by atoms with Crippen molar-refractivity contribution in [2.75, 3.05) is 18.1 Å². The standard InChI is InChI=1S/C20H19NO3/c22-19(20-11-15(20)12-20)21-8-9-23-18-10-16(6-7-17(18)21)24-13-14-4-2-1-3-5-14/h1-7,10,15H,8-9,11-13H2. The van der Waals surface area contributed by atoms with Crippen LogP contribution in [-0.2, 0) is 11.4 Å². The third-order valence-electron chi connectivity index (χ3n) is 5.40. The molecule has 0 aromatic heterocycles. The number of hydrogen-bond donors (Lipinski definition) is 0. The van der Waals surface area contributed by atoms with E-state index in [0.29, 0.717) is 25.7 Å². The Hall–Kier alpha value is -2.49. The van der Waals surface area contributed by atoms with E-state index in [0.717, 1.165) is 35.6 Å². The maximum absolute atomic E-state index is 12.7. The van der Waals surface area contributed by atoms with E-state index in [2.05, 4.69) is 0 Å².